The van der Waals surface area contributed by atoms with Crippen molar-refractivity contribution in [3.05, 3.63) is 23.0 Å². The van der Waals surface area contributed by atoms with Crippen molar-refractivity contribution in [2.24, 2.45) is 0 Å². The first-order chi connectivity index (χ1) is 15.1. The molecule has 8 heteroatoms. The van der Waals surface area contributed by atoms with Crippen LogP contribution in [-0.4, -0.2) is 57.7 Å². The first-order valence-electron chi connectivity index (χ1n) is 11.8. The van der Waals surface area contributed by atoms with E-state index < -0.39 is 0 Å². The van der Waals surface area contributed by atoms with E-state index in [0.29, 0.717) is 11.9 Å². The van der Waals surface area contributed by atoms with E-state index in [2.05, 4.69) is 26.5 Å². The van der Waals surface area contributed by atoms with Gasteiger partial charge in [0.25, 0.3) is 0 Å². The van der Waals surface area contributed by atoms with Crippen LogP contribution in [0, 0.1) is 0 Å². The van der Waals surface area contributed by atoms with Gasteiger partial charge in [0.05, 0.1) is 5.69 Å². The molecule has 31 heavy (non-hydrogen) atoms. The Labute approximate surface area is 183 Å². The second-order valence-corrected chi connectivity index (χ2v) is 9.40. The van der Waals surface area contributed by atoms with E-state index in [0.717, 1.165) is 62.4 Å². The molecule has 2 aliphatic carbocycles. The number of aromatic amines is 1. The Morgan fingerprint density at radius 3 is 2.71 bits per heavy atom. The molecule has 0 radical (unpaired) electrons. The van der Waals surface area contributed by atoms with Crippen molar-refractivity contribution < 1.29 is 4.79 Å². The summed E-state index contributed by atoms with van der Waals surface area (Å²) < 4.78 is 0. The number of amides is 1. The van der Waals surface area contributed by atoms with Gasteiger partial charge in [0.15, 0.2) is 5.82 Å². The predicted molar refractivity (Wildman–Crippen MR) is 121 cm³/mol. The first kappa shape index (κ1) is 20.3. The van der Waals surface area contributed by atoms with Gasteiger partial charge in [-0.05, 0) is 51.4 Å². The third-order valence-corrected chi connectivity index (χ3v) is 7.05. The lowest BCUT2D eigenvalue weighted by molar-refractivity contribution is -0.129. The number of aromatic nitrogens is 4. The summed E-state index contributed by atoms with van der Waals surface area (Å²) in [6, 6.07) is 1.96. The number of nitrogens with one attached hydrogen (secondary N) is 2. The van der Waals surface area contributed by atoms with E-state index in [9.17, 15) is 4.79 Å². The molecule has 0 aromatic carbocycles. The summed E-state index contributed by atoms with van der Waals surface area (Å²) in [5.41, 5.74) is 3.54. The van der Waals surface area contributed by atoms with Crippen LogP contribution >= 0.6 is 0 Å². The minimum atomic E-state index is -0.177. The summed E-state index contributed by atoms with van der Waals surface area (Å²) in [7, 11) is 3.64. The molecule has 5 rings (SSSR count). The quantitative estimate of drug-likeness (QED) is 0.765. The van der Waals surface area contributed by atoms with Crippen molar-refractivity contribution in [1.82, 2.24) is 25.1 Å². The van der Waals surface area contributed by atoms with Crippen molar-refractivity contribution in [3.8, 4) is 0 Å². The molecule has 2 aromatic rings. The molecular formula is C23H33N7O. The van der Waals surface area contributed by atoms with Crippen LogP contribution in [0.5, 0.6) is 0 Å². The number of carbonyl (C=O) groups is 1. The number of likely N-dealkylation sites (N-methyl/N-ethyl adjacent to an activating group) is 1. The Balaban J connectivity index is 1.45. The number of fused-ring (bicyclic) bond motifs is 1. The second kappa shape index (κ2) is 8.48. The predicted octanol–water partition coefficient (Wildman–Crippen LogP) is 3.54. The lowest BCUT2D eigenvalue weighted by atomic mass is 9.96. The van der Waals surface area contributed by atoms with E-state index in [1.165, 1.54) is 36.9 Å². The molecule has 166 valence electrons. The Kier molecular flexibility index (Phi) is 5.54. The molecule has 3 heterocycles. The van der Waals surface area contributed by atoms with Gasteiger partial charge < -0.3 is 15.1 Å². The molecule has 1 amide bonds. The number of rotatable bonds is 5. The minimum absolute atomic E-state index is 0.127. The highest BCUT2D eigenvalue weighted by Gasteiger charge is 2.34. The van der Waals surface area contributed by atoms with E-state index in [4.69, 9.17) is 9.97 Å². The van der Waals surface area contributed by atoms with Crippen LogP contribution in [0.1, 0.15) is 74.2 Å². The Hall–Kier alpha value is -2.64. The van der Waals surface area contributed by atoms with Crippen molar-refractivity contribution in [3.63, 3.8) is 0 Å². The largest absolute Gasteiger partial charge is 0.347 e. The molecule has 0 spiro atoms. The fraction of sp³-hybridized carbons (Fsp3) is 0.652. The van der Waals surface area contributed by atoms with Crippen LogP contribution in [-0.2, 0) is 17.6 Å². The van der Waals surface area contributed by atoms with Crippen LogP contribution in [0.25, 0.3) is 0 Å². The van der Waals surface area contributed by atoms with Gasteiger partial charge in [-0.25, -0.2) is 4.98 Å². The molecule has 2 N–H and O–H groups in total. The second-order valence-electron chi connectivity index (χ2n) is 9.40. The van der Waals surface area contributed by atoms with Crippen LogP contribution < -0.4 is 10.2 Å². The molecule has 0 bridgehead atoms. The summed E-state index contributed by atoms with van der Waals surface area (Å²) in [5, 5.41) is 11.3. The molecule has 3 aliphatic rings. The van der Waals surface area contributed by atoms with Crippen molar-refractivity contribution in [2.45, 2.75) is 76.2 Å². The average Bonchev–Trinajstić information content (AvgIpc) is 3.54. The van der Waals surface area contributed by atoms with Gasteiger partial charge in [0.2, 0.25) is 11.9 Å². The van der Waals surface area contributed by atoms with Gasteiger partial charge in [0, 0.05) is 43.9 Å². The topological polar surface area (TPSA) is 90.0 Å². The molecule has 1 saturated heterocycles. The fourth-order valence-electron chi connectivity index (χ4n) is 5.34. The summed E-state index contributed by atoms with van der Waals surface area (Å²) in [6.07, 6.45) is 11.2. The average molecular weight is 424 g/mol. The van der Waals surface area contributed by atoms with Crippen LogP contribution in [0.4, 0.5) is 17.6 Å². The molecule has 1 atom stereocenters. The number of carbonyl (C=O) groups excluding carboxylic acids is 1. The summed E-state index contributed by atoms with van der Waals surface area (Å²) >= 11 is 0. The zero-order valence-electron chi connectivity index (χ0n) is 18.7. The van der Waals surface area contributed by atoms with E-state index in [1.54, 1.807) is 4.90 Å². The zero-order chi connectivity index (χ0) is 21.4. The number of hydrogen-bond donors (Lipinski definition) is 2. The van der Waals surface area contributed by atoms with Gasteiger partial charge in [-0.2, -0.15) is 10.1 Å². The van der Waals surface area contributed by atoms with Crippen molar-refractivity contribution in [2.75, 3.05) is 30.9 Å². The molecule has 1 aliphatic heterocycles. The number of nitrogens with zero attached hydrogens (tertiary/aromatic N) is 5. The van der Waals surface area contributed by atoms with E-state index >= 15 is 0 Å². The highest BCUT2D eigenvalue weighted by Crippen LogP contribution is 2.35. The highest BCUT2D eigenvalue weighted by molar-refractivity contribution is 5.85. The molecule has 2 fully saturated rings. The van der Waals surface area contributed by atoms with Crippen LogP contribution in [0.15, 0.2) is 6.07 Å². The lowest BCUT2D eigenvalue weighted by Gasteiger charge is -2.28. The van der Waals surface area contributed by atoms with Gasteiger partial charge in [0.1, 0.15) is 11.9 Å². The highest BCUT2D eigenvalue weighted by atomic mass is 16.2. The monoisotopic (exact) mass is 423 g/mol. The van der Waals surface area contributed by atoms with Crippen molar-refractivity contribution >= 4 is 23.5 Å². The SMILES string of the molecule is CN(C)C(=O)[C@@H]1CCCN1c1nc2c(c(Nc3cc(C4CCCC4)[nH]n3)n1)CCCC2. The lowest BCUT2D eigenvalue weighted by Crippen LogP contribution is -2.43. The third kappa shape index (κ3) is 4.00. The molecule has 2 aromatic heterocycles. The number of anilines is 3. The summed E-state index contributed by atoms with van der Waals surface area (Å²) in [6.45, 7) is 0.816. The third-order valence-electron chi connectivity index (χ3n) is 7.05. The maximum atomic E-state index is 12.7. The first-order valence-corrected chi connectivity index (χ1v) is 11.8. The van der Waals surface area contributed by atoms with E-state index in [-0.39, 0.29) is 11.9 Å². The number of aryl methyl sites for hydroxylation is 1. The standard InChI is InChI=1S/C23H33N7O/c1-29(2)22(31)19-12-7-13-30(19)23-24-17-11-6-5-10-16(17)21(26-23)25-20-14-18(27-28-20)15-8-3-4-9-15/h14-15,19H,3-13H2,1-2H3,(H2,24,25,26,27,28)/t19-/m0/s1. The Bertz CT molecular complexity index is 947. The zero-order valence-corrected chi connectivity index (χ0v) is 18.7. The molecule has 0 unspecified atom stereocenters. The Morgan fingerprint density at radius 2 is 1.90 bits per heavy atom. The van der Waals surface area contributed by atoms with Gasteiger partial charge in [-0.1, -0.05) is 12.8 Å². The minimum Gasteiger partial charge on any atom is -0.347 e. The maximum absolute atomic E-state index is 12.7. The number of H-pyrrole nitrogens is 1. The van der Waals surface area contributed by atoms with Crippen molar-refractivity contribution in [1.29, 1.82) is 0 Å². The maximum Gasteiger partial charge on any atom is 0.244 e. The molecule has 1 saturated carbocycles. The molecule has 8 nitrogen and oxygen atoms in total. The Morgan fingerprint density at radius 1 is 1.10 bits per heavy atom. The normalized spacial score (nSPS) is 21.4. The smallest absolute Gasteiger partial charge is 0.244 e. The fourth-order valence-corrected chi connectivity index (χ4v) is 5.34. The summed E-state index contributed by atoms with van der Waals surface area (Å²) in [4.78, 5) is 26.4. The number of hydrogen-bond acceptors (Lipinski definition) is 6. The van der Waals surface area contributed by atoms with E-state index in [1.807, 2.05) is 14.1 Å². The van der Waals surface area contributed by atoms with Gasteiger partial charge in [-0.3, -0.25) is 9.89 Å². The molecular weight excluding hydrogens is 390 g/mol. The van der Waals surface area contributed by atoms with Crippen LogP contribution in [0.2, 0.25) is 0 Å². The summed E-state index contributed by atoms with van der Waals surface area (Å²) in [5.74, 6) is 3.07. The van der Waals surface area contributed by atoms with Gasteiger partial charge >= 0.3 is 0 Å². The van der Waals surface area contributed by atoms with Crippen LogP contribution in [0.3, 0.4) is 0 Å². The van der Waals surface area contributed by atoms with Gasteiger partial charge in [-0.15, -0.1) is 0 Å².